The highest BCUT2D eigenvalue weighted by atomic mass is 16.5. The van der Waals surface area contributed by atoms with Crippen LogP contribution < -0.4 is 5.73 Å². The highest BCUT2D eigenvalue weighted by Gasteiger charge is 2.27. The number of hydrogen-bond donors (Lipinski definition) is 1. The van der Waals surface area contributed by atoms with Crippen LogP contribution in [-0.4, -0.2) is 68.2 Å². The average molecular weight is 299 g/mol. The van der Waals surface area contributed by atoms with Gasteiger partial charge >= 0.3 is 0 Å². The Kier molecular flexibility index (Phi) is 9.63. The second kappa shape index (κ2) is 11.0. The molecule has 0 bridgehead atoms. The molecule has 5 nitrogen and oxygen atoms in total. The number of unbranched alkanes of at least 4 members (excludes halogenated alkanes) is 3. The maximum absolute atomic E-state index is 12.3. The van der Waals surface area contributed by atoms with E-state index in [0.29, 0.717) is 18.4 Å². The van der Waals surface area contributed by atoms with Crippen molar-refractivity contribution < 1.29 is 9.53 Å². The van der Waals surface area contributed by atoms with E-state index >= 15 is 0 Å². The number of carbonyl (C=O) groups excluding carboxylic acids is 1. The Hall–Kier alpha value is -0.650. The summed E-state index contributed by atoms with van der Waals surface area (Å²) in [5.74, 6) is 0.326. The van der Waals surface area contributed by atoms with Gasteiger partial charge in [0.15, 0.2) is 0 Å². The first kappa shape index (κ1) is 18.4. The van der Waals surface area contributed by atoms with Crippen LogP contribution in [0.1, 0.15) is 45.4 Å². The Morgan fingerprint density at radius 2 is 2.00 bits per heavy atom. The van der Waals surface area contributed by atoms with Crippen LogP contribution >= 0.6 is 0 Å². The van der Waals surface area contributed by atoms with Crippen LogP contribution in [0.3, 0.4) is 0 Å². The normalized spacial score (nSPS) is 20.0. The van der Waals surface area contributed by atoms with Crippen molar-refractivity contribution in [2.24, 2.45) is 5.73 Å². The van der Waals surface area contributed by atoms with Crippen LogP contribution in [0, 0.1) is 0 Å². The Morgan fingerprint density at radius 3 is 2.67 bits per heavy atom. The summed E-state index contributed by atoms with van der Waals surface area (Å²) in [5, 5.41) is 0. The molecule has 1 rings (SSSR count). The fourth-order valence-corrected chi connectivity index (χ4v) is 2.94. The Bertz CT molecular complexity index is 287. The molecule has 0 aromatic rings. The van der Waals surface area contributed by atoms with E-state index in [-0.39, 0.29) is 0 Å². The van der Waals surface area contributed by atoms with E-state index in [0.717, 1.165) is 71.4 Å². The summed E-state index contributed by atoms with van der Waals surface area (Å²) < 4.78 is 5.17. The molecule has 1 saturated heterocycles. The largest absolute Gasteiger partial charge is 0.383 e. The standard InChI is InChI=1S/C16H33N3O2/c1-3-15-14-19(11-10-18(15)12-13-21-2)16(20)8-6-4-5-7-9-17/h15H,3-14,17H2,1-2H3. The topological polar surface area (TPSA) is 58.8 Å². The van der Waals surface area contributed by atoms with Crippen molar-refractivity contribution in [1.29, 1.82) is 0 Å². The van der Waals surface area contributed by atoms with E-state index < -0.39 is 0 Å². The molecule has 0 aromatic carbocycles. The maximum atomic E-state index is 12.3. The molecule has 0 spiro atoms. The van der Waals surface area contributed by atoms with Crippen molar-refractivity contribution in [2.45, 2.75) is 51.5 Å². The van der Waals surface area contributed by atoms with Gasteiger partial charge in [0, 0.05) is 45.8 Å². The van der Waals surface area contributed by atoms with Gasteiger partial charge in [-0.15, -0.1) is 0 Å². The second-order valence-corrected chi connectivity index (χ2v) is 5.88. The lowest BCUT2D eigenvalue weighted by Crippen LogP contribution is -2.55. The molecule has 5 heteroatoms. The molecule has 1 fully saturated rings. The molecule has 1 aliphatic heterocycles. The van der Waals surface area contributed by atoms with E-state index in [4.69, 9.17) is 10.5 Å². The average Bonchev–Trinajstić information content (AvgIpc) is 2.52. The van der Waals surface area contributed by atoms with Crippen LogP contribution in [0.5, 0.6) is 0 Å². The molecule has 0 aliphatic carbocycles. The molecule has 0 aromatic heterocycles. The summed E-state index contributed by atoms with van der Waals surface area (Å²) in [7, 11) is 1.74. The Labute approximate surface area is 129 Å². The smallest absolute Gasteiger partial charge is 0.222 e. The minimum atomic E-state index is 0.326. The van der Waals surface area contributed by atoms with Crippen LogP contribution in [0.15, 0.2) is 0 Å². The zero-order valence-electron chi connectivity index (χ0n) is 13.9. The molecule has 1 unspecified atom stereocenters. The lowest BCUT2D eigenvalue weighted by molar-refractivity contribution is -0.134. The van der Waals surface area contributed by atoms with Crippen molar-refractivity contribution >= 4 is 5.91 Å². The molecule has 21 heavy (non-hydrogen) atoms. The summed E-state index contributed by atoms with van der Waals surface area (Å²) in [6.45, 7) is 7.41. The molecule has 1 heterocycles. The third-order valence-electron chi connectivity index (χ3n) is 4.36. The summed E-state index contributed by atoms with van der Waals surface area (Å²) in [6.07, 6.45) is 6.12. The van der Waals surface area contributed by atoms with E-state index in [1.165, 1.54) is 0 Å². The van der Waals surface area contributed by atoms with E-state index in [9.17, 15) is 4.79 Å². The quantitative estimate of drug-likeness (QED) is 0.621. The number of amides is 1. The van der Waals surface area contributed by atoms with Gasteiger partial charge in [-0.1, -0.05) is 19.8 Å². The van der Waals surface area contributed by atoms with Crippen LogP contribution in [-0.2, 0) is 9.53 Å². The van der Waals surface area contributed by atoms with Crippen LogP contribution in [0.4, 0.5) is 0 Å². The number of ether oxygens (including phenoxy) is 1. The Morgan fingerprint density at radius 1 is 1.24 bits per heavy atom. The van der Waals surface area contributed by atoms with Gasteiger partial charge in [-0.05, 0) is 25.8 Å². The number of nitrogens with two attached hydrogens (primary N) is 1. The van der Waals surface area contributed by atoms with Gasteiger partial charge in [0.2, 0.25) is 5.91 Å². The molecule has 124 valence electrons. The molecule has 0 saturated carbocycles. The van der Waals surface area contributed by atoms with Crippen LogP contribution in [0.2, 0.25) is 0 Å². The highest BCUT2D eigenvalue weighted by molar-refractivity contribution is 5.76. The summed E-state index contributed by atoms with van der Waals surface area (Å²) in [4.78, 5) is 16.8. The fourth-order valence-electron chi connectivity index (χ4n) is 2.94. The SMILES string of the molecule is CCC1CN(C(=O)CCCCCCN)CCN1CCOC. The van der Waals surface area contributed by atoms with Crippen molar-refractivity contribution in [3.8, 4) is 0 Å². The second-order valence-electron chi connectivity index (χ2n) is 5.88. The number of methoxy groups -OCH3 is 1. The van der Waals surface area contributed by atoms with Gasteiger partial charge in [-0.3, -0.25) is 9.69 Å². The lowest BCUT2D eigenvalue weighted by Gasteiger charge is -2.41. The zero-order chi connectivity index (χ0) is 15.5. The van der Waals surface area contributed by atoms with Crippen molar-refractivity contribution in [2.75, 3.05) is 46.4 Å². The van der Waals surface area contributed by atoms with Gasteiger partial charge in [0.05, 0.1) is 6.61 Å². The number of piperazine rings is 1. The lowest BCUT2D eigenvalue weighted by atomic mass is 10.1. The summed E-state index contributed by atoms with van der Waals surface area (Å²) >= 11 is 0. The van der Waals surface area contributed by atoms with Crippen molar-refractivity contribution in [3.63, 3.8) is 0 Å². The monoisotopic (exact) mass is 299 g/mol. The highest BCUT2D eigenvalue weighted by Crippen LogP contribution is 2.14. The molecular formula is C16H33N3O2. The molecule has 2 N–H and O–H groups in total. The fraction of sp³-hybridized carbons (Fsp3) is 0.938. The van der Waals surface area contributed by atoms with Crippen molar-refractivity contribution in [1.82, 2.24) is 9.80 Å². The number of carbonyl (C=O) groups is 1. The zero-order valence-corrected chi connectivity index (χ0v) is 13.9. The maximum Gasteiger partial charge on any atom is 0.222 e. The predicted molar refractivity (Wildman–Crippen MR) is 86.2 cm³/mol. The molecule has 1 atom stereocenters. The molecule has 1 aliphatic rings. The van der Waals surface area contributed by atoms with Gasteiger partial charge in [-0.25, -0.2) is 0 Å². The molecular weight excluding hydrogens is 266 g/mol. The van der Waals surface area contributed by atoms with Gasteiger partial charge < -0.3 is 15.4 Å². The first-order valence-electron chi connectivity index (χ1n) is 8.43. The van der Waals surface area contributed by atoms with Gasteiger partial charge in [0.1, 0.15) is 0 Å². The Balaban J connectivity index is 2.28. The number of hydrogen-bond acceptors (Lipinski definition) is 4. The first-order valence-corrected chi connectivity index (χ1v) is 8.43. The third kappa shape index (κ3) is 6.76. The molecule has 0 radical (unpaired) electrons. The summed E-state index contributed by atoms with van der Waals surface area (Å²) in [5.41, 5.74) is 5.48. The van der Waals surface area contributed by atoms with Gasteiger partial charge in [0.25, 0.3) is 0 Å². The first-order chi connectivity index (χ1) is 10.2. The summed E-state index contributed by atoms with van der Waals surface area (Å²) in [6, 6.07) is 0.482. The predicted octanol–water partition coefficient (Wildman–Crippen LogP) is 1.46. The number of nitrogens with zero attached hydrogens (tertiary/aromatic N) is 2. The van der Waals surface area contributed by atoms with Crippen molar-refractivity contribution in [3.05, 3.63) is 0 Å². The third-order valence-corrected chi connectivity index (χ3v) is 4.36. The minimum Gasteiger partial charge on any atom is -0.383 e. The number of rotatable bonds is 10. The van der Waals surface area contributed by atoms with Gasteiger partial charge in [-0.2, -0.15) is 0 Å². The minimum absolute atomic E-state index is 0.326. The van der Waals surface area contributed by atoms with E-state index in [2.05, 4.69) is 16.7 Å². The van der Waals surface area contributed by atoms with Crippen LogP contribution in [0.25, 0.3) is 0 Å². The molecule has 1 amide bonds. The van der Waals surface area contributed by atoms with E-state index in [1.807, 2.05) is 0 Å². The van der Waals surface area contributed by atoms with E-state index in [1.54, 1.807) is 7.11 Å².